The fraction of sp³-hybridized carbons (Fsp3) is 0.500. The zero-order valence-electron chi connectivity index (χ0n) is 17.2. The molecule has 7 atom stereocenters. The van der Waals surface area contributed by atoms with Gasteiger partial charge in [0.1, 0.15) is 18.3 Å². The molecular formula is C22H26N4O5. The second-order valence-corrected chi connectivity index (χ2v) is 7.78. The first kappa shape index (κ1) is 21.5. The molecule has 1 amide bonds. The number of fused-ring (bicyclic) bond motifs is 1. The Morgan fingerprint density at radius 3 is 2.84 bits per heavy atom. The van der Waals surface area contributed by atoms with Crippen molar-refractivity contribution in [3.05, 3.63) is 70.6 Å². The van der Waals surface area contributed by atoms with Crippen LogP contribution in [0.1, 0.15) is 25.2 Å². The zero-order valence-corrected chi connectivity index (χ0v) is 17.2. The van der Waals surface area contributed by atoms with Crippen molar-refractivity contribution in [2.24, 2.45) is 11.0 Å². The van der Waals surface area contributed by atoms with Crippen LogP contribution < -0.4 is 5.32 Å². The van der Waals surface area contributed by atoms with Crippen molar-refractivity contribution in [1.29, 1.82) is 0 Å². The van der Waals surface area contributed by atoms with E-state index >= 15 is 0 Å². The smallest absolute Gasteiger partial charge is 0.217 e. The lowest BCUT2D eigenvalue weighted by Gasteiger charge is -2.48. The summed E-state index contributed by atoms with van der Waals surface area (Å²) in [7, 11) is 0. The third-order valence-electron chi connectivity index (χ3n) is 5.54. The highest BCUT2D eigenvalue weighted by Crippen LogP contribution is 2.36. The highest BCUT2D eigenvalue weighted by molar-refractivity contribution is 5.73. The minimum atomic E-state index is -0.928. The summed E-state index contributed by atoms with van der Waals surface area (Å²) in [4.78, 5) is 14.8. The van der Waals surface area contributed by atoms with Crippen LogP contribution in [-0.4, -0.2) is 49.7 Å². The van der Waals surface area contributed by atoms with E-state index in [0.29, 0.717) is 6.61 Å². The topological polar surface area (TPSA) is 115 Å². The Kier molecular flexibility index (Phi) is 7.01. The first-order valence-corrected chi connectivity index (χ1v) is 10.4. The van der Waals surface area contributed by atoms with Gasteiger partial charge in [0.15, 0.2) is 12.5 Å². The quantitative estimate of drug-likeness (QED) is 0.426. The van der Waals surface area contributed by atoms with Crippen LogP contribution in [0.3, 0.4) is 0 Å². The van der Waals surface area contributed by atoms with E-state index in [-0.39, 0.29) is 18.4 Å². The van der Waals surface area contributed by atoms with Crippen molar-refractivity contribution in [3.8, 4) is 0 Å². The number of rotatable bonds is 6. The summed E-state index contributed by atoms with van der Waals surface area (Å²) in [5.41, 5.74) is 9.91. The fourth-order valence-corrected chi connectivity index (χ4v) is 4.09. The van der Waals surface area contributed by atoms with Gasteiger partial charge in [0, 0.05) is 23.3 Å². The fourth-order valence-electron chi connectivity index (χ4n) is 4.09. The van der Waals surface area contributed by atoms with Crippen LogP contribution in [0.4, 0.5) is 0 Å². The summed E-state index contributed by atoms with van der Waals surface area (Å²) in [6.45, 7) is 2.09. The molecule has 2 heterocycles. The summed E-state index contributed by atoms with van der Waals surface area (Å²) in [6, 6.07) is 8.93. The van der Waals surface area contributed by atoms with E-state index < -0.39 is 36.9 Å². The van der Waals surface area contributed by atoms with Crippen molar-refractivity contribution < 1.29 is 23.7 Å². The van der Waals surface area contributed by atoms with Crippen molar-refractivity contribution >= 4 is 5.91 Å². The van der Waals surface area contributed by atoms with Crippen LogP contribution in [0.25, 0.3) is 10.4 Å². The van der Waals surface area contributed by atoms with Crippen molar-refractivity contribution in [3.63, 3.8) is 0 Å². The van der Waals surface area contributed by atoms with E-state index in [1.807, 2.05) is 42.5 Å². The number of ether oxygens (including phenoxy) is 4. The van der Waals surface area contributed by atoms with Crippen LogP contribution in [-0.2, 0) is 23.7 Å². The summed E-state index contributed by atoms with van der Waals surface area (Å²) in [5, 5.41) is 6.59. The first-order chi connectivity index (χ1) is 15.2. The lowest BCUT2D eigenvalue weighted by atomic mass is 9.94. The molecule has 0 saturated carbocycles. The van der Waals surface area contributed by atoms with Crippen LogP contribution >= 0.6 is 0 Å². The van der Waals surface area contributed by atoms with Gasteiger partial charge in [0.25, 0.3) is 0 Å². The Morgan fingerprint density at radius 2 is 2.13 bits per heavy atom. The zero-order chi connectivity index (χ0) is 21.6. The predicted molar refractivity (Wildman–Crippen MR) is 112 cm³/mol. The maximum absolute atomic E-state index is 11.9. The Hall–Kier alpha value is -2.68. The average molecular weight is 426 g/mol. The number of nitrogens with one attached hydrogen (secondary N) is 1. The summed E-state index contributed by atoms with van der Waals surface area (Å²) in [6.07, 6.45) is 5.96. The number of allylic oxidation sites excluding steroid dienone is 3. The molecule has 9 heteroatoms. The number of carbonyl (C=O) groups excluding carboxylic acids is 1. The Labute approximate surface area is 180 Å². The van der Waals surface area contributed by atoms with E-state index in [2.05, 4.69) is 27.5 Å². The van der Waals surface area contributed by atoms with Gasteiger partial charge in [-0.05, 0) is 12.0 Å². The van der Waals surface area contributed by atoms with Gasteiger partial charge in [0.2, 0.25) is 5.91 Å². The van der Waals surface area contributed by atoms with Gasteiger partial charge >= 0.3 is 0 Å². The van der Waals surface area contributed by atoms with E-state index in [0.717, 1.165) is 12.0 Å². The average Bonchev–Trinajstić information content (AvgIpc) is 2.79. The van der Waals surface area contributed by atoms with Gasteiger partial charge in [-0.25, -0.2) is 0 Å². The number of amides is 1. The standard InChI is InChI=1S/C22H26N4O5/c1-14(27)24-18-20(28-12-15-8-4-2-5-9-15)19-17(30-21(18)25-26-23)13-29-22(31-19)16-10-6-3-7-11-16/h2-8,10-11,15,17-22H,9,12-13H2,1H3,(H,24,27)/t15-,17+,18+,19+,20+,21+,22+/m0/s1. The molecule has 3 aliphatic rings. The second-order valence-electron chi connectivity index (χ2n) is 7.78. The minimum absolute atomic E-state index is 0.215. The van der Waals surface area contributed by atoms with Crippen molar-refractivity contribution in [2.45, 2.75) is 50.2 Å². The molecule has 2 fully saturated rings. The molecule has 31 heavy (non-hydrogen) atoms. The van der Waals surface area contributed by atoms with Crippen molar-refractivity contribution in [1.82, 2.24) is 5.32 Å². The van der Waals surface area contributed by atoms with Gasteiger partial charge in [0.05, 0.1) is 19.3 Å². The molecule has 0 bridgehead atoms. The number of hydrogen-bond donors (Lipinski definition) is 1. The molecule has 0 aromatic heterocycles. The lowest BCUT2D eigenvalue weighted by Crippen LogP contribution is -2.66. The van der Waals surface area contributed by atoms with E-state index in [1.54, 1.807) is 0 Å². The monoisotopic (exact) mass is 426 g/mol. The van der Waals surface area contributed by atoms with Gasteiger partial charge in [-0.2, -0.15) is 0 Å². The van der Waals surface area contributed by atoms with E-state index in [1.165, 1.54) is 6.92 Å². The molecule has 4 rings (SSSR count). The Balaban J connectivity index is 1.58. The molecule has 164 valence electrons. The largest absolute Gasteiger partial charge is 0.373 e. The number of carbonyl (C=O) groups is 1. The molecule has 1 aromatic carbocycles. The highest BCUT2D eigenvalue weighted by atomic mass is 16.7. The highest BCUT2D eigenvalue weighted by Gasteiger charge is 2.50. The Bertz CT molecular complexity index is 870. The summed E-state index contributed by atoms with van der Waals surface area (Å²) in [5.74, 6) is -0.0575. The van der Waals surface area contributed by atoms with Crippen molar-refractivity contribution in [2.75, 3.05) is 13.2 Å². The second kappa shape index (κ2) is 10.1. The number of azide groups is 1. The van der Waals surface area contributed by atoms with E-state index in [9.17, 15) is 4.79 Å². The van der Waals surface area contributed by atoms with Crippen LogP contribution in [0.2, 0.25) is 0 Å². The Morgan fingerprint density at radius 1 is 1.29 bits per heavy atom. The van der Waals surface area contributed by atoms with Gasteiger partial charge in [-0.1, -0.05) is 59.8 Å². The molecule has 0 unspecified atom stereocenters. The van der Waals surface area contributed by atoms with Gasteiger partial charge in [-0.15, -0.1) is 0 Å². The maximum Gasteiger partial charge on any atom is 0.217 e. The first-order valence-electron chi connectivity index (χ1n) is 10.4. The van der Waals surface area contributed by atoms with Gasteiger partial charge < -0.3 is 24.3 Å². The number of nitrogens with zero attached hydrogens (tertiary/aromatic N) is 3. The normalized spacial score (nSPS) is 34.4. The van der Waals surface area contributed by atoms with Gasteiger partial charge in [-0.3, -0.25) is 4.79 Å². The van der Waals surface area contributed by atoms with Crippen LogP contribution in [0, 0.1) is 5.92 Å². The maximum atomic E-state index is 11.9. The molecule has 2 saturated heterocycles. The number of hydrogen-bond acceptors (Lipinski definition) is 6. The molecule has 9 nitrogen and oxygen atoms in total. The SMILES string of the molecule is CC(=O)N[C@@H]1[C@@H](OC[C@H]2C=CC=CC2)[C@@H]2O[C@H](c3ccccc3)OC[C@H]2O[C@H]1N=[N+]=[N-]. The molecular weight excluding hydrogens is 400 g/mol. The third kappa shape index (κ3) is 5.15. The molecule has 1 aromatic rings. The van der Waals surface area contributed by atoms with Crippen LogP contribution in [0.15, 0.2) is 59.8 Å². The molecule has 2 aliphatic heterocycles. The number of benzene rings is 1. The predicted octanol–water partition coefficient (Wildman–Crippen LogP) is 3.16. The minimum Gasteiger partial charge on any atom is -0.373 e. The summed E-state index contributed by atoms with van der Waals surface area (Å²) < 4.78 is 24.4. The molecule has 1 N–H and O–H groups in total. The lowest BCUT2D eigenvalue weighted by molar-refractivity contribution is -0.319. The molecule has 1 aliphatic carbocycles. The third-order valence-corrected chi connectivity index (χ3v) is 5.54. The molecule has 0 spiro atoms. The van der Waals surface area contributed by atoms with Crippen LogP contribution in [0.5, 0.6) is 0 Å². The molecule has 0 radical (unpaired) electrons. The summed E-state index contributed by atoms with van der Waals surface area (Å²) >= 11 is 0. The van der Waals surface area contributed by atoms with E-state index in [4.69, 9.17) is 24.5 Å².